The van der Waals surface area contributed by atoms with E-state index in [0.717, 1.165) is 5.69 Å². The van der Waals surface area contributed by atoms with Crippen molar-refractivity contribution in [2.24, 2.45) is 0 Å². The van der Waals surface area contributed by atoms with Crippen molar-refractivity contribution in [1.29, 1.82) is 5.26 Å². The molecule has 0 radical (unpaired) electrons. The molecule has 2 aromatic rings. The van der Waals surface area contributed by atoms with E-state index in [1.54, 1.807) is 43.3 Å². The van der Waals surface area contributed by atoms with Crippen LogP contribution < -0.4 is 10.6 Å². The van der Waals surface area contributed by atoms with Gasteiger partial charge in [0.25, 0.3) is 0 Å². The highest BCUT2D eigenvalue weighted by Crippen LogP contribution is 2.15. The maximum Gasteiger partial charge on any atom is 0.412 e. The summed E-state index contributed by atoms with van der Waals surface area (Å²) in [7, 11) is 0. The molecule has 0 spiro atoms. The normalized spacial score (nSPS) is 9.52. The van der Waals surface area contributed by atoms with Crippen LogP contribution in [-0.4, -0.2) is 22.9 Å². The van der Waals surface area contributed by atoms with E-state index in [0.29, 0.717) is 17.2 Å². The molecular formula is C14H13N5O2. The summed E-state index contributed by atoms with van der Waals surface area (Å²) in [4.78, 5) is 11.2. The number of hydrogen-bond donors (Lipinski definition) is 2. The van der Waals surface area contributed by atoms with Crippen LogP contribution in [0.4, 0.5) is 22.1 Å². The first-order chi connectivity index (χ1) is 10.2. The Morgan fingerprint density at radius 3 is 2.43 bits per heavy atom. The number of anilines is 3. The lowest BCUT2D eigenvalue weighted by molar-refractivity contribution is 0.168. The SMILES string of the molecule is CCOC(=O)Nc1ccc(Nc2ccc(C#N)cc2)nn1. The second-order valence-electron chi connectivity index (χ2n) is 3.96. The zero-order valence-corrected chi connectivity index (χ0v) is 11.3. The Hall–Kier alpha value is -3.14. The number of aromatic nitrogens is 2. The summed E-state index contributed by atoms with van der Waals surface area (Å²) in [6.45, 7) is 2.01. The second-order valence-corrected chi connectivity index (χ2v) is 3.96. The molecule has 0 unspecified atom stereocenters. The molecule has 0 saturated heterocycles. The van der Waals surface area contributed by atoms with Gasteiger partial charge in [-0.15, -0.1) is 10.2 Å². The Labute approximate surface area is 121 Å². The van der Waals surface area contributed by atoms with Gasteiger partial charge in [0.2, 0.25) is 0 Å². The number of nitriles is 1. The Morgan fingerprint density at radius 1 is 1.19 bits per heavy atom. The molecule has 7 nitrogen and oxygen atoms in total. The first-order valence-corrected chi connectivity index (χ1v) is 6.26. The van der Waals surface area contributed by atoms with Gasteiger partial charge in [0.15, 0.2) is 11.6 Å². The van der Waals surface area contributed by atoms with Crippen LogP contribution in [0.2, 0.25) is 0 Å². The van der Waals surface area contributed by atoms with Crippen molar-refractivity contribution in [3.05, 3.63) is 42.0 Å². The lowest BCUT2D eigenvalue weighted by atomic mass is 10.2. The minimum atomic E-state index is -0.570. The fourth-order valence-corrected chi connectivity index (χ4v) is 1.51. The van der Waals surface area contributed by atoms with Gasteiger partial charge in [0.1, 0.15) is 0 Å². The number of carbonyl (C=O) groups is 1. The molecule has 1 amide bonds. The van der Waals surface area contributed by atoms with Gasteiger partial charge >= 0.3 is 6.09 Å². The number of benzene rings is 1. The zero-order valence-electron chi connectivity index (χ0n) is 11.3. The van der Waals surface area contributed by atoms with Crippen molar-refractivity contribution in [3.63, 3.8) is 0 Å². The molecule has 0 atom stereocenters. The molecule has 1 aromatic heterocycles. The monoisotopic (exact) mass is 283 g/mol. The van der Waals surface area contributed by atoms with Gasteiger partial charge < -0.3 is 10.1 Å². The van der Waals surface area contributed by atoms with Crippen LogP contribution in [0.25, 0.3) is 0 Å². The Morgan fingerprint density at radius 2 is 1.86 bits per heavy atom. The first kappa shape index (κ1) is 14.3. The third-order valence-corrected chi connectivity index (χ3v) is 2.46. The van der Waals surface area contributed by atoms with Crippen molar-refractivity contribution >= 4 is 23.4 Å². The fourth-order valence-electron chi connectivity index (χ4n) is 1.51. The number of amides is 1. The molecule has 1 aromatic carbocycles. The molecule has 1 heterocycles. The van der Waals surface area contributed by atoms with Gasteiger partial charge in [-0.1, -0.05) is 0 Å². The van der Waals surface area contributed by atoms with Crippen molar-refractivity contribution < 1.29 is 9.53 Å². The topological polar surface area (TPSA) is 99.9 Å². The summed E-state index contributed by atoms with van der Waals surface area (Å²) in [5.41, 5.74) is 1.37. The molecule has 7 heteroatoms. The van der Waals surface area contributed by atoms with Crippen LogP contribution in [0.3, 0.4) is 0 Å². The lowest BCUT2D eigenvalue weighted by Crippen LogP contribution is -2.14. The highest BCUT2D eigenvalue weighted by atomic mass is 16.5. The van der Waals surface area contributed by atoms with Crippen molar-refractivity contribution in [2.45, 2.75) is 6.92 Å². The van der Waals surface area contributed by atoms with Gasteiger partial charge in [-0.05, 0) is 43.3 Å². The molecular weight excluding hydrogens is 270 g/mol. The average Bonchev–Trinajstić information content (AvgIpc) is 2.50. The largest absolute Gasteiger partial charge is 0.450 e. The van der Waals surface area contributed by atoms with Crippen molar-refractivity contribution in [2.75, 3.05) is 17.2 Å². The molecule has 21 heavy (non-hydrogen) atoms. The van der Waals surface area contributed by atoms with Crippen LogP contribution in [0, 0.1) is 11.3 Å². The quantitative estimate of drug-likeness (QED) is 0.894. The number of rotatable bonds is 4. The van der Waals surface area contributed by atoms with E-state index in [2.05, 4.69) is 20.8 Å². The lowest BCUT2D eigenvalue weighted by Gasteiger charge is -2.06. The van der Waals surface area contributed by atoms with Gasteiger partial charge in [0, 0.05) is 5.69 Å². The molecule has 0 fully saturated rings. The molecule has 0 saturated carbocycles. The van der Waals surface area contributed by atoms with Crippen LogP contribution >= 0.6 is 0 Å². The standard InChI is InChI=1S/C14H13N5O2/c1-2-21-14(20)17-13-8-7-12(18-19-13)16-11-5-3-10(9-15)4-6-11/h3-8H,2H2,1H3,(H,16,18)(H,17,19,20). The highest BCUT2D eigenvalue weighted by Gasteiger charge is 2.04. The first-order valence-electron chi connectivity index (χ1n) is 6.26. The number of hydrogen-bond acceptors (Lipinski definition) is 6. The third kappa shape index (κ3) is 4.18. The van der Waals surface area contributed by atoms with Crippen LogP contribution in [0.15, 0.2) is 36.4 Å². The van der Waals surface area contributed by atoms with E-state index in [-0.39, 0.29) is 6.61 Å². The number of nitrogens with zero attached hydrogens (tertiary/aromatic N) is 3. The molecule has 0 aliphatic rings. The number of nitrogens with one attached hydrogen (secondary N) is 2. The van der Waals surface area contributed by atoms with Gasteiger partial charge in [-0.2, -0.15) is 5.26 Å². The van der Waals surface area contributed by atoms with E-state index in [1.165, 1.54) is 0 Å². The van der Waals surface area contributed by atoms with Crippen LogP contribution in [-0.2, 0) is 4.74 Å². The molecule has 0 bridgehead atoms. The predicted molar refractivity (Wildman–Crippen MR) is 77.1 cm³/mol. The predicted octanol–water partition coefficient (Wildman–Crippen LogP) is 2.66. The summed E-state index contributed by atoms with van der Waals surface area (Å²) in [5, 5.41) is 22.0. The minimum absolute atomic E-state index is 0.289. The minimum Gasteiger partial charge on any atom is -0.450 e. The maximum absolute atomic E-state index is 11.2. The highest BCUT2D eigenvalue weighted by molar-refractivity contribution is 5.83. The van der Waals surface area contributed by atoms with E-state index in [4.69, 9.17) is 10.00 Å². The molecule has 0 aliphatic heterocycles. The van der Waals surface area contributed by atoms with E-state index >= 15 is 0 Å². The van der Waals surface area contributed by atoms with Gasteiger partial charge in [-0.25, -0.2) is 4.79 Å². The maximum atomic E-state index is 11.2. The molecule has 2 N–H and O–H groups in total. The number of ether oxygens (including phenoxy) is 1. The smallest absolute Gasteiger partial charge is 0.412 e. The summed E-state index contributed by atoms with van der Waals surface area (Å²) in [6, 6.07) is 12.3. The average molecular weight is 283 g/mol. The third-order valence-electron chi connectivity index (χ3n) is 2.46. The number of carbonyl (C=O) groups excluding carboxylic acids is 1. The fraction of sp³-hybridized carbons (Fsp3) is 0.143. The Balaban J connectivity index is 1.98. The molecule has 0 aliphatic carbocycles. The van der Waals surface area contributed by atoms with E-state index in [9.17, 15) is 4.79 Å². The molecule has 2 rings (SSSR count). The summed E-state index contributed by atoms with van der Waals surface area (Å²) < 4.78 is 4.73. The second kappa shape index (κ2) is 6.86. The van der Waals surface area contributed by atoms with Crippen LogP contribution in [0.1, 0.15) is 12.5 Å². The Kier molecular flexibility index (Phi) is 4.66. The van der Waals surface area contributed by atoms with E-state index < -0.39 is 6.09 Å². The van der Waals surface area contributed by atoms with Crippen molar-refractivity contribution in [1.82, 2.24) is 10.2 Å². The Bertz CT molecular complexity index is 647. The van der Waals surface area contributed by atoms with Gasteiger partial charge in [-0.3, -0.25) is 5.32 Å². The summed E-state index contributed by atoms with van der Waals surface area (Å²) in [5.74, 6) is 0.827. The van der Waals surface area contributed by atoms with Gasteiger partial charge in [0.05, 0.1) is 18.2 Å². The van der Waals surface area contributed by atoms with Crippen molar-refractivity contribution in [3.8, 4) is 6.07 Å². The zero-order chi connectivity index (χ0) is 15.1. The summed E-state index contributed by atoms with van der Waals surface area (Å²) >= 11 is 0. The molecule has 106 valence electrons. The summed E-state index contributed by atoms with van der Waals surface area (Å²) in [6.07, 6.45) is -0.570. The van der Waals surface area contributed by atoms with Crippen LogP contribution in [0.5, 0.6) is 0 Å². The van der Waals surface area contributed by atoms with E-state index in [1.807, 2.05) is 6.07 Å².